The molecule has 0 saturated carbocycles. The monoisotopic (exact) mass is 361 g/mol. The first-order valence-electron chi connectivity index (χ1n) is 5.81. The average molecular weight is 361 g/mol. The lowest BCUT2D eigenvalue weighted by molar-refractivity contribution is -0.137. The van der Waals surface area contributed by atoms with Gasteiger partial charge in [0.15, 0.2) is 0 Å². The van der Waals surface area contributed by atoms with Crippen LogP contribution in [0.15, 0.2) is 24.3 Å². The number of benzene rings is 1. The molecule has 1 aromatic carbocycles. The highest BCUT2D eigenvalue weighted by Gasteiger charge is 2.15. The molecule has 0 aromatic heterocycles. The molecule has 98 valence electrons. The van der Waals surface area contributed by atoms with E-state index in [9.17, 15) is 9.59 Å². The molecule has 0 fully saturated rings. The number of hydrogen-bond acceptors (Lipinski definition) is 2. The van der Waals surface area contributed by atoms with Crippen LogP contribution in [0.4, 0.5) is 0 Å². The molecule has 5 heteroatoms. The van der Waals surface area contributed by atoms with Gasteiger partial charge in [0.05, 0.1) is 6.42 Å². The number of carboxylic acid groups (broad SMARTS) is 1. The number of hydrogen-bond donors (Lipinski definition) is 1. The summed E-state index contributed by atoms with van der Waals surface area (Å²) in [5, 5.41) is 8.68. The second kappa shape index (κ2) is 7.35. The molecular weight excluding hydrogens is 345 g/mol. The van der Waals surface area contributed by atoms with Crippen molar-refractivity contribution in [2.24, 2.45) is 0 Å². The second-order valence-corrected chi connectivity index (χ2v) is 5.19. The fourth-order valence-electron chi connectivity index (χ4n) is 1.59. The van der Waals surface area contributed by atoms with E-state index >= 15 is 0 Å². The van der Waals surface area contributed by atoms with Gasteiger partial charge in [-0.05, 0) is 53.3 Å². The van der Waals surface area contributed by atoms with Gasteiger partial charge in [-0.2, -0.15) is 0 Å². The lowest BCUT2D eigenvalue weighted by Crippen LogP contribution is -2.33. The Bertz CT molecular complexity index is 417. The minimum absolute atomic E-state index is 0.0177. The topological polar surface area (TPSA) is 57.6 Å². The van der Waals surface area contributed by atoms with Gasteiger partial charge in [-0.1, -0.05) is 6.92 Å². The third kappa shape index (κ3) is 4.64. The van der Waals surface area contributed by atoms with E-state index < -0.39 is 5.97 Å². The van der Waals surface area contributed by atoms with Crippen LogP contribution >= 0.6 is 22.6 Å². The molecule has 0 spiro atoms. The van der Waals surface area contributed by atoms with Crippen molar-refractivity contribution in [3.63, 3.8) is 0 Å². The van der Waals surface area contributed by atoms with Crippen molar-refractivity contribution in [1.29, 1.82) is 0 Å². The van der Waals surface area contributed by atoms with Crippen LogP contribution in [0.25, 0.3) is 0 Å². The van der Waals surface area contributed by atoms with Gasteiger partial charge >= 0.3 is 5.97 Å². The summed E-state index contributed by atoms with van der Waals surface area (Å²) in [7, 11) is 0. The van der Waals surface area contributed by atoms with E-state index in [0.29, 0.717) is 12.1 Å². The Hall–Kier alpha value is -1.11. The standard InChI is InChI=1S/C13H16INO3/c1-2-8-15(9-7-12(16)17)13(18)10-3-5-11(14)6-4-10/h3-6H,2,7-9H2,1H3,(H,16,17). The van der Waals surface area contributed by atoms with Crippen LogP contribution in [0.3, 0.4) is 0 Å². The highest BCUT2D eigenvalue weighted by molar-refractivity contribution is 14.1. The van der Waals surface area contributed by atoms with Crippen molar-refractivity contribution in [3.8, 4) is 0 Å². The van der Waals surface area contributed by atoms with E-state index in [4.69, 9.17) is 5.11 Å². The minimum Gasteiger partial charge on any atom is -0.481 e. The minimum atomic E-state index is -0.883. The predicted octanol–water partition coefficient (Wildman–Crippen LogP) is 2.62. The van der Waals surface area contributed by atoms with Crippen molar-refractivity contribution >= 4 is 34.5 Å². The highest BCUT2D eigenvalue weighted by Crippen LogP contribution is 2.10. The van der Waals surface area contributed by atoms with Gasteiger partial charge in [0.2, 0.25) is 0 Å². The molecule has 0 unspecified atom stereocenters. The fraction of sp³-hybridized carbons (Fsp3) is 0.385. The molecule has 0 aliphatic heterocycles. The number of carbonyl (C=O) groups excluding carboxylic acids is 1. The third-order valence-electron chi connectivity index (χ3n) is 2.47. The maximum atomic E-state index is 12.2. The molecular formula is C13H16INO3. The first-order valence-corrected chi connectivity index (χ1v) is 6.89. The quantitative estimate of drug-likeness (QED) is 0.793. The van der Waals surface area contributed by atoms with Crippen molar-refractivity contribution < 1.29 is 14.7 Å². The lowest BCUT2D eigenvalue weighted by Gasteiger charge is -2.21. The lowest BCUT2D eigenvalue weighted by atomic mass is 10.2. The molecule has 18 heavy (non-hydrogen) atoms. The molecule has 0 aliphatic rings. The van der Waals surface area contributed by atoms with Gasteiger partial charge < -0.3 is 10.0 Å². The molecule has 4 nitrogen and oxygen atoms in total. The van der Waals surface area contributed by atoms with Crippen molar-refractivity contribution in [2.75, 3.05) is 13.1 Å². The van der Waals surface area contributed by atoms with Gasteiger partial charge in [-0.15, -0.1) is 0 Å². The Kier molecular flexibility index (Phi) is 6.11. The van der Waals surface area contributed by atoms with Crippen LogP contribution in [-0.4, -0.2) is 35.0 Å². The molecule has 1 amide bonds. The number of halogens is 1. The second-order valence-electron chi connectivity index (χ2n) is 3.94. The molecule has 1 rings (SSSR count). The van der Waals surface area contributed by atoms with Gasteiger partial charge in [0.1, 0.15) is 0 Å². The zero-order valence-corrected chi connectivity index (χ0v) is 12.4. The van der Waals surface area contributed by atoms with Gasteiger partial charge in [-0.3, -0.25) is 9.59 Å². The molecule has 1 aromatic rings. The summed E-state index contributed by atoms with van der Waals surface area (Å²) in [5.74, 6) is -0.985. The fourth-order valence-corrected chi connectivity index (χ4v) is 1.95. The van der Waals surface area contributed by atoms with E-state index in [2.05, 4.69) is 22.6 Å². The van der Waals surface area contributed by atoms with Crippen LogP contribution in [0.2, 0.25) is 0 Å². The van der Waals surface area contributed by atoms with E-state index in [-0.39, 0.29) is 18.9 Å². The summed E-state index contributed by atoms with van der Waals surface area (Å²) < 4.78 is 1.07. The number of carboxylic acids is 1. The normalized spacial score (nSPS) is 10.1. The van der Waals surface area contributed by atoms with Crippen molar-refractivity contribution in [3.05, 3.63) is 33.4 Å². The molecule has 0 atom stereocenters. The summed E-state index contributed by atoms with van der Waals surface area (Å²) in [5.41, 5.74) is 0.606. The predicted molar refractivity (Wildman–Crippen MR) is 77.6 cm³/mol. The largest absolute Gasteiger partial charge is 0.481 e. The first kappa shape index (κ1) is 14.9. The van der Waals surface area contributed by atoms with Crippen molar-refractivity contribution in [1.82, 2.24) is 4.90 Å². The number of nitrogens with zero attached hydrogens (tertiary/aromatic N) is 1. The molecule has 0 saturated heterocycles. The van der Waals surface area contributed by atoms with E-state index in [0.717, 1.165) is 9.99 Å². The van der Waals surface area contributed by atoms with Gasteiger partial charge in [-0.25, -0.2) is 0 Å². The zero-order chi connectivity index (χ0) is 13.5. The van der Waals surface area contributed by atoms with E-state index in [1.54, 1.807) is 17.0 Å². The summed E-state index contributed by atoms with van der Waals surface area (Å²) in [6.07, 6.45) is 0.797. The summed E-state index contributed by atoms with van der Waals surface area (Å²) >= 11 is 2.18. The van der Waals surface area contributed by atoms with E-state index in [1.807, 2.05) is 19.1 Å². The number of carbonyl (C=O) groups is 2. The third-order valence-corrected chi connectivity index (χ3v) is 3.19. The van der Waals surface area contributed by atoms with E-state index in [1.165, 1.54) is 0 Å². The first-order chi connectivity index (χ1) is 8.54. The highest BCUT2D eigenvalue weighted by atomic mass is 127. The van der Waals surface area contributed by atoms with Crippen LogP contribution in [-0.2, 0) is 4.79 Å². The van der Waals surface area contributed by atoms with Crippen molar-refractivity contribution in [2.45, 2.75) is 19.8 Å². The van der Waals surface area contributed by atoms with Crippen LogP contribution in [0.1, 0.15) is 30.1 Å². The molecule has 0 bridgehead atoms. The van der Waals surface area contributed by atoms with Crippen LogP contribution in [0.5, 0.6) is 0 Å². The molecule has 0 heterocycles. The molecule has 1 N–H and O–H groups in total. The maximum absolute atomic E-state index is 12.2. The van der Waals surface area contributed by atoms with Crippen LogP contribution in [0, 0.1) is 3.57 Å². The number of amides is 1. The number of aliphatic carboxylic acids is 1. The molecule has 0 aliphatic carbocycles. The zero-order valence-electron chi connectivity index (χ0n) is 10.2. The van der Waals surface area contributed by atoms with Gasteiger partial charge in [0.25, 0.3) is 5.91 Å². The number of rotatable bonds is 6. The summed E-state index contributed by atoms with van der Waals surface area (Å²) in [6, 6.07) is 7.28. The smallest absolute Gasteiger partial charge is 0.305 e. The Morgan fingerprint density at radius 3 is 2.33 bits per heavy atom. The average Bonchev–Trinajstić information content (AvgIpc) is 2.34. The van der Waals surface area contributed by atoms with Gasteiger partial charge in [0, 0.05) is 22.2 Å². The maximum Gasteiger partial charge on any atom is 0.305 e. The SMILES string of the molecule is CCCN(CCC(=O)O)C(=O)c1ccc(I)cc1. The Morgan fingerprint density at radius 2 is 1.83 bits per heavy atom. The molecule has 0 radical (unpaired) electrons. The summed E-state index contributed by atoms with van der Waals surface area (Å²) in [6.45, 7) is 2.81. The summed E-state index contributed by atoms with van der Waals surface area (Å²) in [4.78, 5) is 24.4. The Balaban J connectivity index is 2.75. The Labute approximate surface area is 120 Å². The Morgan fingerprint density at radius 1 is 1.22 bits per heavy atom. The van der Waals surface area contributed by atoms with Crippen LogP contribution < -0.4 is 0 Å².